The van der Waals surface area contributed by atoms with E-state index in [1.165, 1.54) is 11.3 Å². The lowest BCUT2D eigenvalue weighted by molar-refractivity contribution is 0.411. The van der Waals surface area contributed by atoms with Crippen molar-refractivity contribution in [1.82, 2.24) is 5.32 Å². The molecule has 0 radical (unpaired) electrons. The molecule has 0 amide bonds. The minimum absolute atomic E-state index is 0.570. The van der Waals surface area contributed by atoms with E-state index in [0.717, 1.165) is 18.8 Å². The van der Waals surface area contributed by atoms with Crippen molar-refractivity contribution in [3.63, 3.8) is 0 Å². The number of nitrogens with one attached hydrogen (secondary N) is 2. The molecule has 0 atom stereocenters. The third-order valence-electron chi connectivity index (χ3n) is 2.65. The summed E-state index contributed by atoms with van der Waals surface area (Å²) >= 11 is 0. The molecule has 1 aromatic rings. The minimum atomic E-state index is 0.570. The number of ether oxygens (including phenoxy) is 1. The summed E-state index contributed by atoms with van der Waals surface area (Å²) in [6, 6.07) is 6.66. The van der Waals surface area contributed by atoms with Gasteiger partial charge in [-0.05, 0) is 19.1 Å². The maximum atomic E-state index is 5.26. The highest BCUT2D eigenvalue weighted by atomic mass is 16.5. The van der Waals surface area contributed by atoms with Gasteiger partial charge in [0.15, 0.2) is 0 Å². The van der Waals surface area contributed by atoms with Gasteiger partial charge in [0, 0.05) is 24.3 Å². The molecule has 2 N–H and O–H groups in total. The second-order valence-electron chi connectivity index (χ2n) is 3.63. The normalized spacial score (nSPS) is 16.1. The molecule has 2 rings (SSSR count). The second-order valence-corrected chi connectivity index (χ2v) is 3.63. The lowest BCUT2D eigenvalue weighted by Gasteiger charge is -2.29. The Hall–Kier alpha value is -1.22. The lowest BCUT2D eigenvalue weighted by atomic mass is 10.1. The molecule has 1 aliphatic heterocycles. The highest BCUT2D eigenvalue weighted by Crippen LogP contribution is 2.25. The zero-order chi connectivity index (χ0) is 9.97. The summed E-state index contributed by atoms with van der Waals surface area (Å²) in [6.07, 6.45) is 0. The van der Waals surface area contributed by atoms with E-state index in [0.29, 0.717) is 6.04 Å². The first kappa shape index (κ1) is 9.34. The van der Waals surface area contributed by atoms with Gasteiger partial charge in [0.05, 0.1) is 13.2 Å². The fourth-order valence-corrected chi connectivity index (χ4v) is 1.60. The number of anilines is 1. The van der Waals surface area contributed by atoms with Crippen LogP contribution in [0.4, 0.5) is 5.69 Å². The van der Waals surface area contributed by atoms with E-state index in [1.54, 1.807) is 7.11 Å². The number of hydrogen-bond acceptors (Lipinski definition) is 3. The van der Waals surface area contributed by atoms with Gasteiger partial charge in [0.1, 0.15) is 5.75 Å². The summed E-state index contributed by atoms with van der Waals surface area (Å²) < 4.78 is 5.26. The zero-order valence-electron chi connectivity index (χ0n) is 8.63. The number of hydrogen-bond donors (Lipinski definition) is 2. The van der Waals surface area contributed by atoms with Crippen molar-refractivity contribution in [2.75, 3.05) is 25.5 Å². The fraction of sp³-hybridized carbons (Fsp3) is 0.455. The fourth-order valence-electron chi connectivity index (χ4n) is 1.60. The Balaban J connectivity index is 2.15. The Bertz CT molecular complexity index is 321. The largest absolute Gasteiger partial charge is 0.496 e. The van der Waals surface area contributed by atoms with Gasteiger partial charge in [-0.2, -0.15) is 0 Å². The number of methoxy groups -OCH3 is 1. The van der Waals surface area contributed by atoms with Gasteiger partial charge in [-0.3, -0.25) is 0 Å². The van der Waals surface area contributed by atoms with E-state index in [2.05, 4.69) is 23.6 Å². The average Bonchev–Trinajstić information content (AvgIpc) is 2.13. The minimum Gasteiger partial charge on any atom is -0.496 e. The Labute approximate surface area is 84.5 Å². The van der Waals surface area contributed by atoms with Gasteiger partial charge >= 0.3 is 0 Å². The SMILES string of the molecule is COc1cccc(NC2CNC2)c1C. The molecular weight excluding hydrogens is 176 g/mol. The summed E-state index contributed by atoms with van der Waals surface area (Å²) in [4.78, 5) is 0. The van der Waals surface area contributed by atoms with Crippen LogP contribution in [0.3, 0.4) is 0 Å². The quantitative estimate of drug-likeness (QED) is 0.759. The van der Waals surface area contributed by atoms with Gasteiger partial charge in [0.2, 0.25) is 0 Å². The van der Waals surface area contributed by atoms with E-state index in [-0.39, 0.29) is 0 Å². The Kier molecular flexibility index (Phi) is 2.59. The van der Waals surface area contributed by atoms with Crippen LogP contribution in [-0.4, -0.2) is 26.2 Å². The van der Waals surface area contributed by atoms with Crippen LogP contribution in [0, 0.1) is 6.92 Å². The van der Waals surface area contributed by atoms with E-state index < -0.39 is 0 Å². The molecule has 1 fully saturated rings. The van der Waals surface area contributed by atoms with Crippen LogP contribution in [0.25, 0.3) is 0 Å². The van der Waals surface area contributed by atoms with E-state index in [4.69, 9.17) is 4.74 Å². The van der Waals surface area contributed by atoms with Crippen molar-refractivity contribution in [2.24, 2.45) is 0 Å². The molecule has 0 spiro atoms. The first-order valence-electron chi connectivity index (χ1n) is 4.92. The van der Waals surface area contributed by atoms with Crippen LogP contribution in [0.5, 0.6) is 5.75 Å². The molecule has 76 valence electrons. The van der Waals surface area contributed by atoms with Gasteiger partial charge in [-0.15, -0.1) is 0 Å². The average molecular weight is 192 g/mol. The van der Waals surface area contributed by atoms with E-state index in [9.17, 15) is 0 Å². The van der Waals surface area contributed by atoms with Crippen LogP contribution in [0.1, 0.15) is 5.56 Å². The number of benzene rings is 1. The van der Waals surface area contributed by atoms with Crippen molar-refractivity contribution in [3.8, 4) is 5.75 Å². The Morgan fingerprint density at radius 2 is 2.21 bits per heavy atom. The molecule has 0 bridgehead atoms. The molecule has 14 heavy (non-hydrogen) atoms. The third-order valence-corrected chi connectivity index (χ3v) is 2.65. The van der Waals surface area contributed by atoms with Crippen molar-refractivity contribution in [3.05, 3.63) is 23.8 Å². The predicted molar refractivity (Wildman–Crippen MR) is 58.0 cm³/mol. The molecule has 0 saturated carbocycles. The summed E-state index contributed by atoms with van der Waals surface area (Å²) in [7, 11) is 1.71. The maximum absolute atomic E-state index is 5.26. The Morgan fingerprint density at radius 3 is 2.79 bits per heavy atom. The van der Waals surface area contributed by atoms with Crippen LogP contribution >= 0.6 is 0 Å². The van der Waals surface area contributed by atoms with Crippen LogP contribution in [0.15, 0.2) is 18.2 Å². The summed E-state index contributed by atoms with van der Waals surface area (Å²) in [5.41, 5.74) is 2.36. The summed E-state index contributed by atoms with van der Waals surface area (Å²) in [5.74, 6) is 0.947. The molecule has 1 aromatic carbocycles. The van der Waals surface area contributed by atoms with Gasteiger partial charge in [-0.25, -0.2) is 0 Å². The Morgan fingerprint density at radius 1 is 1.43 bits per heavy atom. The lowest BCUT2D eigenvalue weighted by Crippen LogP contribution is -2.51. The highest BCUT2D eigenvalue weighted by Gasteiger charge is 2.17. The molecule has 1 heterocycles. The molecule has 1 aliphatic rings. The first-order chi connectivity index (χ1) is 6.81. The van der Waals surface area contributed by atoms with Gasteiger partial charge < -0.3 is 15.4 Å². The van der Waals surface area contributed by atoms with Crippen molar-refractivity contribution in [2.45, 2.75) is 13.0 Å². The molecule has 3 nitrogen and oxygen atoms in total. The highest BCUT2D eigenvalue weighted by molar-refractivity contribution is 5.57. The van der Waals surface area contributed by atoms with Crippen molar-refractivity contribution < 1.29 is 4.74 Å². The molecule has 0 aromatic heterocycles. The zero-order valence-corrected chi connectivity index (χ0v) is 8.63. The van der Waals surface area contributed by atoms with E-state index >= 15 is 0 Å². The smallest absolute Gasteiger partial charge is 0.123 e. The molecule has 0 unspecified atom stereocenters. The summed E-state index contributed by atoms with van der Waals surface area (Å²) in [6.45, 7) is 4.18. The predicted octanol–water partition coefficient (Wildman–Crippen LogP) is 1.39. The third kappa shape index (κ3) is 1.68. The standard InChI is InChI=1S/C11H16N2O/c1-8-10(13-9-6-12-7-9)4-3-5-11(8)14-2/h3-5,9,12-13H,6-7H2,1-2H3. The van der Waals surface area contributed by atoms with Crippen molar-refractivity contribution >= 4 is 5.69 Å². The molecule has 1 saturated heterocycles. The van der Waals surface area contributed by atoms with Crippen LogP contribution in [0.2, 0.25) is 0 Å². The van der Waals surface area contributed by atoms with Gasteiger partial charge in [0.25, 0.3) is 0 Å². The molecular formula is C11H16N2O. The summed E-state index contributed by atoms with van der Waals surface area (Å²) in [5, 5.41) is 6.71. The molecule has 3 heteroatoms. The maximum Gasteiger partial charge on any atom is 0.123 e. The topological polar surface area (TPSA) is 33.3 Å². The van der Waals surface area contributed by atoms with E-state index in [1.807, 2.05) is 12.1 Å². The van der Waals surface area contributed by atoms with Crippen LogP contribution < -0.4 is 15.4 Å². The monoisotopic (exact) mass is 192 g/mol. The van der Waals surface area contributed by atoms with Gasteiger partial charge in [-0.1, -0.05) is 6.07 Å². The molecule has 0 aliphatic carbocycles. The van der Waals surface area contributed by atoms with Crippen molar-refractivity contribution in [1.29, 1.82) is 0 Å². The van der Waals surface area contributed by atoms with Crippen LogP contribution in [-0.2, 0) is 0 Å². The first-order valence-corrected chi connectivity index (χ1v) is 4.92. The number of rotatable bonds is 3. The second kappa shape index (κ2) is 3.88.